The van der Waals surface area contributed by atoms with Crippen LogP contribution in [0.4, 0.5) is 0 Å². The fourth-order valence-electron chi connectivity index (χ4n) is 0.607. The van der Waals surface area contributed by atoms with Crippen molar-refractivity contribution < 1.29 is 0 Å². The number of aromatic nitrogens is 1. The second kappa shape index (κ2) is 3.08. The summed E-state index contributed by atoms with van der Waals surface area (Å²) in [6.45, 7) is 3.56. The Hall–Kier alpha value is -1.05. The molecular weight excluding hydrogens is 109 g/mol. The average molecular weight is 117 g/mol. The standard InChI is InChI=1S/C7H8BN/c1-2-5-8-9-6-3-4-7-9/h2-7H,1H2. The number of hydrogen-bond donors (Lipinski definition) is 0. The van der Waals surface area contributed by atoms with Gasteiger partial charge < -0.3 is 0 Å². The number of rotatable bonds is 2. The van der Waals surface area contributed by atoms with Crippen LogP contribution in [0.15, 0.2) is 37.2 Å². The van der Waals surface area contributed by atoms with Crippen LogP contribution in [0.2, 0.25) is 0 Å². The van der Waals surface area contributed by atoms with Crippen molar-refractivity contribution in [3.63, 3.8) is 0 Å². The molecule has 0 fully saturated rings. The summed E-state index contributed by atoms with van der Waals surface area (Å²) in [7, 11) is 1.94. The minimum atomic E-state index is 1.75. The molecule has 44 valence electrons. The summed E-state index contributed by atoms with van der Waals surface area (Å²) in [5.41, 5.74) is 0. The molecule has 0 saturated heterocycles. The summed E-state index contributed by atoms with van der Waals surface area (Å²) in [6, 6.07) is 3.96. The molecule has 0 atom stereocenters. The Kier molecular flexibility index (Phi) is 2.08. The summed E-state index contributed by atoms with van der Waals surface area (Å²) in [4.78, 5) is 0. The molecule has 0 radical (unpaired) electrons. The van der Waals surface area contributed by atoms with E-state index in [1.54, 1.807) is 6.08 Å². The van der Waals surface area contributed by atoms with E-state index in [4.69, 9.17) is 0 Å². The summed E-state index contributed by atoms with van der Waals surface area (Å²) >= 11 is 0. The van der Waals surface area contributed by atoms with Crippen molar-refractivity contribution in [2.75, 3.05) is 0 Å². The first-order valence-corrected chi connectivity index (χ1v) is 2.85. The zero-order valence-electron chi connectivity index (χ0n) is 5.20. The van der Waals surface area contributed by atoms with Gasteiger partial charge in [-0.2, -0.15) is 0 Å². The van der Waals surface area contributed by atoms with Crippen LogP contribution in [0.1, 0.15) is 0 Å². The summed E-state index contributed by atoms with van der Waals surface area (Å²) in [6.07, 6.45) is 5.69. The molecule has 1 aromatic heterocycles. The minimum absolute atomic E-state index is 1.75. The Bertz CT molecular complexity index is 199. The molecule has 0 aliphatic heterocycles. The molecule has 0 amide bonds. The van der Waals surface area contributed by atoms with E-state index < -0.39 is 0 Å². The number of hydrogen-bond acceptors (Lipinski definition) is 0. The van der Waals surface area contributed by atoms with Gasteiger partial charge in [-0.3, -0.25) is 0 Å². The molecular formula is C7H8BN. The second-order valence-corrected chi connectivity index (χ2v) is 1.71. The van der Waals surface area contributed by atoms with Crippen LogP contribution in [0, 0.1) is 0 Å². The van der Waals surface area contributed by atoms with Crippen molar-refractivity contribution in [2.24, 2.45) is 0 Å². The van der Waals surface area contributed by atoms with Gasteiger partial charge in [0.1, 0.15) is 0 Å². The van der Waals surface area contributed by atoms with Crippen LogP contribution in [-0.4, -0.2) is 17.5 Å². The first-order chi connectivity index (χ1) is 4.43. The quantitative estimate of drug-likeness (QED) is 0.508. The SMILES string of the molecule is C=CC=Bn1cccc1. The monoisotopic (exact) mass is 117 g/mol. The van der Waals surface area contributed by atoms with E-state index in [0.29, 0.717) is 0 Å². The Labute approximate surface area is 55.6 Å². The summed E-state index contributed by atoms with van der Waals surface area (Å²) < 4.78 is 1.96. The molecule has 9 heavy (non-hydrogen) atoms. The zero-order chi connectivity index (χ0) is 6.53. The van der Waals surface area contributed by atoms with Crippen molar-refractivity contribution in [3.05, 3.63) is 37.2 Å². The molecule has 0 bridgehead atoms. The van der Waals surface area contributed by atoms with Gasteiger partial charge in [0, 0.05) is 0 Å². The van der Waals surface area contributed by atoms with E-state index in [-0.39, 0.29) is 0 Å². The molecule has 0 aliphatic rings. The third-order valence-corrected chi connectivity index (χ3v) is 1.02. The Morgan fingerprint density at radius 1 is 1.33 bits per heavy atom. The van der Waals surface area contributed by atoms with Crippen LogP contribution >= 0.6 is 0 Å². The molecule has 0 aliphatic carbocycles. The first kappa shape index (κ1) is 6.08. The van der Waals surface area contributed by atoms with Gasteiger partial charge >= 0.3 is 54.7 Å². The topological polar surface area (TPSA) is 4.93 Å². The van der Waals surface area contributed by atoms with E-state index in [1.165, 1.54) is 0 Å². The number of allylic oxidation sites excluding steroid dienone is 1. The van der Waals surface area contributed by atoms with Crippen LogP contribution in [0.3, 0.4) is 0 Å². The van der Waals surface area contributed by atoms with Crippen molar-refractivity contribution in [1.29, 1.82) is 0 Å². The Morgan fingerprint density at radius 3 is 2.56 bits per heavy atom. The predicted octanol–water partition coefficient (Wildman–Crippen LogP) is 0.944. The van der Waals surface area contributed by atoms with Crippen LogP contribution in [-0.2, 0) is 0 Å². The van der Waals surface area contributed by atoms with Gasteiger partial charge in [-0.25, -0.2) is 0 Å². The van der Waals surface area contributed by atoms with Gasteiger partial charge in [0.15, 0.2) is 0 Å². The summed E-state index contributed by atoms with van der Waals surface area (Å²) in [5.74, 6) is 1.89. The molecule has 1 aromatic rings. The van der Waals surface area contributed by atoms with Gasteiger partial charge in [-0.15, -0.1) is 0 Å². The predicted molar refractivity (Wildman–Crippen MR) is 41.8 cm³/mol. The molecule has 0 aromatic carbocycles. The van der Waals surface area contributed by atoms with Crippen molar-refractivity contribution in [2.45, 2.75) is 0 Å². The third-order valence-electron chi connectivity index (χ3n) is 1.02. The maximum absolute atomic E-state index is 3.56. The van der Waals surface area contributed by atoms with Crippen molar-refractivity contribution >= 4 is 13.0 Å². The second-order valence-electron chi connectivity index (χ2n) is 1.71. The molecule has 0 saturated carbocycles. The number of nitrogens with zero attached hydrogens (tertiary/aromatic N) is 1. The molecule has 0 spiro atoms. The molecule has 1 heterocycles. The van der Waals surface area contributed by atoms with Crippen LogP contribution < -0.4 is 0 Å². The normalized spacial score (nSPS) is 9.33. The van der Waals surface area contributed by atoms with E-state index in [9.17, 15) is 0 Å². The first-order valence-electron chi connectivity index (χ1n) is 2.85. The maximum atomic E-state index is 3.56. The van der Waals surface area contributed by atoms with E-state index in [0.717, 1.165) is 0 Å². The molecule has 0 N–H and O–H groups in total. The zero-order valence-corrected chi connectivity index (χ0v) is 5.20. The van der Waals surface area contributed by atoms with Crippen molar-refractivity contribution in [3.8, 4) is 0 Å². The van der Waals surface area contributed by atoms with E-state index >= 15 is 0 Å². The van der Waals surface area contributed by atoms with Gasteiger partial charge in [-0.05, 0) is 0 Å². The van der Waals surface area contributed by atoms with Gasteiger partial charge in [-0.1, -0.05) is 0 Å². The van der Waals surface area contributed by atoms with E-state index in [2.05, 4.69) is 6.58 Å². The Balaban J connectivity index is 2.67. The summed E-state index contributed by atoms with van der Waals surface area (Å²) in [5, 5.41) is 0. The fraction of sp³-hybridized carbons (Fsp3) is 0. The van der Waals surface area contributed by atoms with Crippen LogP contribution in [0.5, 0.6) is 0 Å². The van der Waals surface area contributed by atoms with E-state index in [1.807, 2.05) is 42.0 Å². The Morgan fingerprint density at radius 2 is 2.00 bits per heavy atom. The molecule has 1 nitrogen and oxygen atoms in total. The van der Waals surface area contributed by atoms with Gasteiger partial charge in [0.25, 0.3) is 0 Å². The average Bonchev–Trinajstić information content (AvgIpc) is 2.34. The van der Waals surface area contributed by atoms with Gasteiger partial charge in [0.2, 0.25) is 0 Å². The third kappa shape index (κ3) is 1.72. The molecule has 2 heteroatoms. The molecule has 1 rings (SSSR count). The fourth-order valence-corrected chi connectivity index (χ4v) is 0.607. The van der Waals surface area contributed by atoms with Gasteiger partial charge in [0.05, 0.1) is 0 Å². The van der Waals surface area contributed by atoms with Crippen molar-refractivity contribution in [1.82, 2.24) is 4.48 Å². The van der Waals surface area contributed by atoms with Crippen LogP contribution in [0.25, 0.3) is 0 Å². The molecule has 0 unspecified atom stereocenters.